The van der Waals surface area contributed by atoms with E-state index in [-0.39, 0.29) is 23.5 Å². The summed E-state index contributed by atoms with van der Waals surface area (Å²) in [4.78, 5) is 15.2. The molecule has 5 aliphatic rings. The van der Waals surface area contributed by atoms with Crippen LogP contribution < -0.4 is 0 Å². The second kappa shape index (κ2) is 6.59. The first kappa shape index (κ1) is 17.7. The molecule has 5 fully saturated rings. The standard InChI is InChI=1S/C23H31NO3/c25-20-7-4-8-24(14-20)21(26)13-23(17-5-2-1-3-6-17)18-9-15-10-19(23)12-16(11-18)22(15)27/h1-3,5-6,15-16,18-20,22,25,27H,4,7-14H2/t15?,16?,18?,19?,20-,22?,23?/m0/s1. The number of aliphatic hydroxyl groups is 2. The molecule has 27 heavy (non-hydrogen) atoms. The Morgan fingerprint density at radius 1 is 1.04 bits per heavy atom. The molecule has 0 spiro atoms. The van der Waals surface area contributed by atoms with E-state index in [0.29, 0.717) is 36.6 Å². The van der Waals surface area contributed by atoms with Gasteiger partial charge in [-0.15, -0.1) is 0 Å². The van der Waals surface area contributed by atoms with Crippen molar-refractivity contribution in [1.82, 2.24) is 4.90 Å². The lowest BCUT2D eigenvalue weighted by Gasteiger charge is -2.63. The minimum absolute atomic E-state index is 0.0894. The van der Waals surface area contributed by atoms with Crippen LogP contribution in [-0.4, -0.2) is 46.3 Å². The number of amides is 1. The molecule has 4 aliphatic carbocycles. The molecule has 4 saturated carbocycles. The maximum Gasteiger partial charge on any atom is 0.223 e. The molecule has 4 bridgehead atoms. The predicted molar refractivity (Wildman–Crippen MR) is 103 cm³/mol. The zero-order valence-electron chi connectivity index (χ0n) is 16.0. The first-order chi connectivity index (χ1) is 13.1. The van der Waals surface area contributed by atoms with E-state index in [4.69, 9.17) is 0 Å². The minimum Gasteiger partial charge on any atom is -0.393 e. The van der Waals surface area contributed by atoms with Gasteiger partial charge in [0, 0.05) is 24.9 Å². The number of likely N-dealkylation sites (tertiary alicyclic amines) is 1. The van der Waals surface area contributed by atoms with Gasteiger partial charge in [0.25, 0.3) is 0 Å². The number of aliphatic hydroxyl groups excluding tert-OH is 2. The van der Waals surface area contributed by atoms with E-state index in [0.717, 1.165) is 45.1 Å². The Bertz CT molecular complexity index is 673. The van der Waals surface area contributed by atoms with Crippen LogP contribution in [0.3, 0.4) is 0 Å². The Morgan fingerprint density at radius 3 is 2.26 bits per heavy atom. The van der Waals surface area contributed by atoms with Crippen LogP contribution in [0.5, 0.6) is 0 Å². The summed E-state index contributed by atoms with van der Waals surface area (Å²) in [5.74, 6) is 2.05. The second-order valence-corrected chi connectivity index (χ2v) is 9.57. The summed E-state index contributed by atoms with van der Waals surface area (Å²) >= 11 is 0. The molecule has 4 nitrogen and oxygen atoms in total. The average Bonchev–Trinajstić information content (AvgIpc) is 2.67. The molecule has 6 rings (SSSR count). The second-order valence-electron chi connectivity index (χ2n) is 9.57. The van der Waals surface area contributed by atoms with Crippen molar-refractivity contribution in [2.24, 2.45) is 23.7 Å². The van der Waals surface area contributed by atoms with Gasteiger partial charge < -0.3 is 15.1 Å². The van der Waals surface area contributed by atoms with Crippen molar-refractivity contribution in [1.29, 1.82) is 0 Å². The highest BCUT2D eigenvalue weighted by Crippen LogP contribution is 2.64. The third kappa shape index (κ3) is 2.75. The molecule has 2 N–H and O–H groups in total. The normalized spacial score (nSPS) is 43.1. The first-order valence-electron chi connectivity index (χ1n) is 10.8. The highest BCUT2D eigenvalue weighted by molar-refractivity contribution is 5.78. The summed E-state index contributed by atoms with van der Waals surface area (Å²) < 4.78 is 0. The summed E-state index contributed by atoms with van der Waals surface area (Å²) in [7, 11) is 0. The Kier molecular flexibility index (Phi) is 4.32. The van der Waals surface area contributed by atoms with Gasteiger partial charge in [0.05, 0.1) is 12.2 Å². The lowest BCUT2D eigenvalue weighted by Crippen LogP contribution is -2.61. The number of hydrogen-bond donors (Lipinski definition) is 2. The van der Waals surface area contributed by atoms with Gasteiger partial charge in [-0.2, -0.15) is 0 Å². The average molecular weight is 370 g/mol. The maximum atomic E-state index is 13.3. The Hall–Kier alpha value is -1.39. The number of piperidine rings is 1. The number of carbonyl (C=O) groups is 1. The Morgan fingerprint density at radius 2 is 1.67 bits per heavy atom. The van der Waals surface area contributed by atoms with Crippen molar-refractivity contribution in [2.45, 2.75) is 62.6 Å². The predicted octanol–water partition coefficient (Wildman–Crippen LogP) is 2.72. The van der Waals surface area contributed by atoms with Crippen LogP contribution in [0.4, 0.5) is 0 Å². The smallest absolute Gasteiger partial charge is 0.223 e. The molecular formula is C23H31NO3. The summed E-state index contributed by atoms with van der Waals surface area (Å²) in [6.45, 7) is 1.27. The monoisotopic (exact) mass is 369 g/mol. The Balaban J connectivity index is 1.49. The largest absolute Gasteiger partial charge is 0.393 e. The van der Waals surface area contributed by atoms with Crippen molar-refractivity contribution in [3.8, 4) is 0 Å². The maximum absolute atomic E-state index is 13.3. The quantitative estimate of drug-likeness (QED) is 0.861. The van der Waals surface area contributed by atoms with Crippen LogP contribution in [-0.2, 0) is 10.2 Å². The molecule has 0 unspecified atom stereocenters. The lowest BCUT2D eigenvalue weighted by atomic mass is 9.42. The fraction of sp³-hybridized carbons (Fsp3) is 0.696. The van der Waals surface area contributed by atoms with Crippen molar-refractivity contribution in [2.75, 3.05) is 13.1 Å². The third-order valence-electron chi connectivity index (χ3n) is 8.28. The van der Waals surface area contributed by atoms with Gasteiger partial charge in [-0.1, -0.05) is 30.3 Å². The number of nitrogens with zero attached hydrogens (tertiary/aromatic N) is 1. The van der Waals surface area contributed by atoms with Crippen LogP contribution >= 0.6 is 0 Å². The molecule has 1 aliphatic heterocycles. The number of β-amino-alcohol motifs (C(OH)–C–C–N with tert-alkyl or cyclic N) is 1. The topological polar surface area (TPSA) is 60.8 Å². The number of benzene rings is 1. The van der Waals surface area contributed by atoms with Gasteiger partial charge in [0.15, 0.2) is 0 Å². The summed E-state index contributed by atoms with van der Waals surface area (Å²) in [5, 5.41) is 20.6. The van der Waals surface area contributed by atoms with Gasteiger partial charge in [-0.25, -0.2) is 0 Å². The highest BCUT2D eigenvalue weighted by Gasteiger charge is 2.61. The first-order valence-corrected chi connectivity index (χ1v) is 10.8. The lowest BCUT2D eigenvalue weighted by molar-refractivity contribution is -0.154. The molecule has 1 amide bonds. The minimum atomic E-state index is -0.371. The zero-order valence-corrected chi connectivity index (χ0v) is 16.0. The molecule has 0 aromatic heterocycles. The van der Waals surface area contributed by atoms with Crippen molar-refractivity contribution in [3.63, 3.8) is 0 Å². The van der Waals surface area contributed by atoms with Crippen molar-refractivity contribution >= 4 is 5.91 Å². The van der Waals surface area contributed by atoms with E-state index in [1.165, 1.54) is 5.56 Å². The molecule has 1 heterocycles. The number of carbonyl (C=O) groups excluding carboxylic acids is 1. The molecule has 4 heteroatoms. The molecule has 1 saturated heterocycles. The van der Waals surface area contributed by atoms with Crippen LogP contribution in [0.1, 0.15) is 50.5 Å². The fourth-order valence-corrected chi connectivity index (χ4v) is 7.12. The van der Waals surface area contributed by atoms with E-state index in [1.54, 1.807) is 0 Å². The summed E-state index contributed by atoms with van der Waals surface area (Å²) in [6, 6.07) is 10.7. The van der Waals surface area contributed by atoms with Crippen LogP contribution in [0.2, 0.25) is 0 Å². The van der Waals surface area contributed by atoms with Crippen molar-refractivity contribution in [3.05, 3.63) is 35.9 Å². The van der Waals surface area contributed by atoms with E-state index in [1.807, 2.05) is 4.90 Å². The van der Waals surface area contributed by atoms with E-state index in [2.05, 4.69) is 30.3 Å². The van der Waals surface area contributed by atoms with Crippen LogP contribution in [0.15, 0.2) is 30.3 Å². The van der Waals surface area contributed by atoms with E-state index >= 15 is 0 Å². The molecule has 1 aromatic rings. The SMILES string of the molecule is O=C(CC1(c2ccccc2)C2CC3CC1CC(C2)C3O)N1CCC[C@H](O)C1. The van der Waals surface area contributed by atoms with E-state index < -0.39 is 0 Å². The number of hydrogen-bond acceptors (Lipinski definition) is 3. The molecule has 0 radical (unpaired) electrons. The molecule has 146 valence electrons. The zero-order chi connectivity index (χ0) is 18.6. The van der Waals surface area contributed by atoms with Gasteiger partial charge in [-0.3, -0.25) is 4.79 Å². The van der Waals surface area contributed by atoms with Gasteiger partial charge in [0.1, 0.15) is 0 Å². The van der Waals surface area contributed by atoms with E-state index in [9.17, 15) is 15.0 Å². The summed E-state index contributed by atoms with van der Waals surface area (Å²) in [6.07, 6.45) is 5.99. The van der Waals surface area contributed by atoms with Crippen molar-refractivity contribution < 1.29 is 15.0 Å². The fourth-order valence-electron chi connectivity index (χ4n) is 7.12. The summed E-state index contributed by atoms with van der Waals surface area (Å²) in [5.41, 5.74) is 1.23. The third-order valence-corrected chi connectivity index (χ3v) is 8.28. The number of rotatable bonds is 3. The van der Waals surface area contributed by atoms with Gasteiger partial charge in [-0.05, 0) is 67.8 Å². The van der Waals surface area contributed by atoms with Gasteiger partial charge in [0.2, 0.25) is 5.91 Å². The van der Waals surface area contributed by atoms with Gasteiger partial charge >= 0.3 is 0 Å². The molecule has 1 atom stereocenters. The molecule has 1 aromatic carbocycles. The molecular weight excluding hydrogens is 338 g/mol. The highest BCUT2D eigenvalue weighted by atomic mass is 16.3. The Labute approximate surface area is 161 Å². The van der Waals surface area contributed by atoms with Crippen LogP contribution in [0, 0.1) is 23.7 Å². The van der Waals surface area contributed by atoms with Crippen LogP contribution in [0.25, 0.3) is 0 Å².